The van der Waals surface area contributed by atoms with Crippen LogP contribution in [0.5, 0.6) is 0 Å². The summed E-state index contributed by atoms with van der Waals surface area (Å²) in [7, 11) is 0. The molecule has 2 aliphatic heterocycles. The molecule has 6 heteroatoms. The lowest BCUT2D eigenvalue weighted by atomic mass is 9.86. The fourth-order valence-corrected chi connectivity index (χ4v) is 4.42. The molecule has 3 rings (SSSR count). The molecule has 0 bridgehead atoms. The minimum Gasteiger partial charge on any atom is -0.381 e. The average molecular weight is 465 g/mol. The molecular weight excluding hydrogens is 429 g/mol. The van der Waals surface area contributed by atoms with Crippen molar-refractivity contribution in [1.29, 1.82) is 0 Å². The Morgan fingerprint density at radius 1 is 1.24 bits per heavy atom. The molecule has 0 aromatic rings. The van der Waals surface area contributed by atoms with Crippen molar-refractivity contribution in [2.24, 2.45) is 10.4 Å². The van der Waals surface area contributed by atoms with E-state index in [2.05, 4.69) is 17.1 Å². The Morgan fingerprint density at radius 3 is 2.72 bits per heavy atom. The highest BCUT2D eigenvalue weighted by Gasteiger charge is 2.41. The summed E-state index contributed by atoms with van der Waals surface area (Å²) < 4.78 is 11.3. The third kappa shape index (κ3) is 6.24. The number of hydrogen-bond donors (Lipinski definition) is 1. The Kier molecular flexibility index (Phi) is 9.27. The average Bonchev–Trinajstić information content (AvgIpc) is 3.25. The number of aliphatic imine (C=N–C) groups is 1. The van der Waals surface area contributed by atoms with E-state index in [1.807, 2.05) is 0 Å². The molecule has 0 aromatic heterocycles. The first-order valence-corrected chi connectivity index (χ1v) is 10.0. The predicted octanol–water partition coefficient (Wildman–Crippen LogP) is 3.42. The summed E-state index contributed by atoms with van der Waals surface area (Å²) in [6.07, 6.45) is 10.5. The van der Waals surface area contributed by atoms with Gasteiger partial charge in [0.1, 0.15) is 0 Å². The minimum atomic E-state index is 0. The van der Waals surface area contributed by atoms with Crippen LogP contribution in [-0.2, 0) is 9.47 Å². The Morgan fingerprint density at radius 2 is 2.00 bits per heavy atom. The standard InChI is InChI=1S/C19H35N3O2.HI/c1-2-20-18(22-12-10-19(16-22)8-3-4-9-19)21-11-5-13-24-17-6-14-23-15-7-17;/h17H,2-16H2,1H3,(H,20,21);1H. The molecule has 0 radical (unpaired) electrons. The zero-order valence-corrected chi connectivity index (χ0v) is 18.1. The molecule has 0 unspecified atom stereocenters. The van der Waals surface area contributed by atoms with E-state index in [0.717, 1.165) is 58.1 Å². The third-order valence-corrected chi connectivity index (χ3v) is 5.82. The topological polar surface area (TPSA) is 46.1 Å². The van der Waals surface area contributed by atoms with E-state index in [-0.39, 0.29) is 24.0 Å². The zero-order chi connectivity index (χ0) is 16.7. The summed E-state index contributed by atoms with van der Waals surface area (Å²) >= 11 is 0. The summed E-state index contributed by atoms with van der Waals surface area (Å²) in [5.41, 5.74) is 0.600. The van der Waals surface area contributed by atoms with Crippen LogP contribution in [0.4, 0.5) is 0 Å². The smallest absolute Gasteiger partial charge is 0.193 e. The van der Waals surface area contributed by atoms with E-state index in [9.17, 15) is 0 Å². The maximum absolute atomic E-state index is 5.94. The van der Waals surface area contributed by atoms with Gasteiger partial charge >= 0.3 is 0 Å². The van der Waals surface area contributed by atoms with Gasteiger partial charge in [0.25, 0.3) is 0 Å². The highest BCUT2D eigenvalue weighted by molar-refractivity contribution is 14.0. The molecule has 146 valence electrons. The van der Waals surface area contributed by atoms with Gasteiger partial charge in [0.2, 0.25) is 0 Å². The van der Waals surface area contributed by atoms with E-state index in [1.54, 1.807) is 0 Å². The molecule has 1 spiro atoms. The maximum Gasteiger partial charge on any atom is 0.193 e. The van der Waals surface area contributed by atoms with Gasteiger partial charge in [-0.2, -0.15) is 0 Å². The van der Waals surface area contributed by atoms with Crippen molar-refractivity contribution >= 4 is 29.9 Å². The monoisotopic (exact) mass is 465 g/mol. The molecule has 3 fully saturated rings. The molecular formula is C19H36IN3O2. The lowest BCUT2D eigenvalue weighted by Crippen LogP contribution is -2.41. The molecule has 2 saturated heterocycles. The first kappa shape index (κ1) is 21.2. The quantitative estimate of drug-likeness (QED) is 0.283. The van der Waals surface area contributed by atoms with Gasteiger partial charge in [-0.25, -0.2) is 0 Å². The van der Waals surface area contributed by atoms with Crippen LogP contribution < -0.4 is 5.32 Å². The molecule has 5 nitrogen and oxygen atoms in total. The number of ether oxygens (including phenoxy) is 2. The second-order valence-corrected chi connectivity index (χ2v) is 7.65. The molecule has 1 aliphatic carbocycles. The Hall–Kier alpha value is -0.0800. The van der Waals surface area contributed by atoms with Crippen molar-refractivity contribution in [2.75, 3.05) is 46.0 Å². The summed E-state index contributed by atoms with van der Waals surface area (Å²) in [6, 6.07) is 0. The van der Waals surface area contributed by atoms with Crippen molar-refractivity contribution in [2.45, 2.75) is 64.4 Å². The summed E-state index contributed by atoms with van der Waals surface area (Å²) in [4.78, 5) is 7.35. The number of nitrogens with one attached hydrogen (secondary N) is 1. The van der Waals surface area contributed by atoms with E-state index in [4.69, 9.17) is 14.5 Å². The Labute approximate surface area is 170 Å². The summed E-state index contributed by atoms with van der Waals surface area (Å²) in [6.45, 7) is 8.86. The highest BCUT2D eigenvalue weighted by Crippen LogP contribution is 2.45. The first-order chi connectivity index (χ1) is 11.8. The maximum atomic E-state index is 5.94. The Balaban J connectivity index is 0.00000225. The van der Waals surface area contributed by atoms with Crippen LogP contribution in [0.1, 0.15) is 58.3 Å². The number of rotatable bonds is 6. The molecule has 1 N–H and O–H groups in total. The van der Waals surface area contributed by atoms with Gasteiger partial charge < -0.3 is 19.7 Å². The number of likely N-dealkylation sites (tertiary alicyclic amines) is 1. The summed E-state index contributed by atoms with van der Waals surface area (Å²) in [5, 5.41) is 3.49. The first-order valence-electron chi connectivity index (χ1n) is 10.0. The molecule has 0 aromatic carbocycles. The van der Waals surface area contributed by atoms with Gasteiger partial charge in [-0.3, -0.25) is 4.99 Å². The van der Waals surface area contributed by atoms with Crippen LogP contribution in [0.2, 0.25) is 0 Å². The molecule has 1 saturated carbocycles. The van der Waals surface area contributed by atoms with Crippen LogP contribution in [0.3, 0.4) is 0 Å². The van der Waals surface area contributed by atoms with Crippen molar-refractivity contribution in [3.8, 4) is 0 Å². The number of guanidine groups is 1. The number of hydrogen-bond acceptors (Lipinski definition) is 3. The van der Waals surface area contributed by atoms with Crippen LogP contribution in [0, 0.1) is 5.41 Å². The van der Waals surface area contributed by atoms with Gasteiger partial charge in [0.05, 0.1) is 6.10 Å². The second kappa shape index (κ2) is 10.9. The van der Waals surface area contributed by atoms with Gasteiger partial charge in [-0.15, -0.1) is 24.0 Å². The van der Waals surface area contributed by atoms with E-state index in [0.29, 0.717) is 11.5 Å². The van der Waals surface area contributed by atoms with Crippen LogP contribution >= 0.6 is 24.0 Å². The van der Waals surface area contributed by atoms with Crippen LogP contribution in [0.25, 0.3) is 0 Å². The van der Waals surface area contributed by atoms with Crippen molar-refractivity contribution in [3.05, 3.63) is 0 Å². The number of halogens is 1. The lowest BCUT2D eigenvalue weighted by Gasteiger charge is -2.26. The van der Waals surface area contributed by atoms with E-state index in [1.165, 1.54) is 45.2 Å². The van der Waals surface area contributed by atoms with Gasteiger partial charge in [0, 0.05) is 46.0 Å². The number of nitrogens with zero attached hydrogens (tertiary/aromatic N) is 2. The third-order valence-electron chi connectivity index (χ3n) is 5.82. The minimum absolute atomic E-state index is 0. The highest BCUT2D eigenvalue weighted by atomic mass is 127. The zero-order valence-electron chi connectivity index (χ0n) is 15.8. The van der Waals surface area contributed by atoms with Crippen molar-refractivity contribution in [1.82, 2.24) is 10.2 Å². The normalized spacial score (nSPS) is 23.9. The van der Waals surface area contributed by atoms with E-state index >= 15 is 0 Å². The molecule has 0 atom stereocenters. The van der Waals surface area contributed by atoms with Gasteiger partial charge in [-0.1, -0.05) is 12.8 Å². The molecule has 25 heavy (non-hydrogen) atoms. The predicted molar refractivity (Wildman–Crippen MR) is 113 cm³/mol. The van der Waals surface area contributed by atoms with Crippen LogP contribution in [-0.4, -0.2) is 63.0 Å². The van der Waals surface area contributed by atoms with Crippen molar-refractivity contribution in [3.63, 3.8) is 0 Å². The largest absolute Gasteiger partial charge is 0.381 e. The van der Waals surface area contributed by atoms with Crippen molar-refractivity contribution < 1.29 is 9.47 Å². The second-order valence-electron chi connectivity index (χ2n) is 7.65. The fourth-order valence-electron chi connectivity index (χ4n) is 4.42. The van der Waals surface area contributed by atoms with Gasteiger partial charge in [-0.05, 0) is 50.9 Å². The summed E-state index contributed by atoms with van der Waals surface area (Å²) in [5.74, 6) is 1.12. The SMILES string of the molecule is CCNC(=NCCCOC1CCOCC1)N1CCC2(CCCC2)C1.I. The molecule has 3 aliphatic rings. The van der Waals surface area contributed by atoms with Gasteiger partial charge in [0.15, 0.2) is 5.96 Å². The molecule has 0 amide bonds. The van der Waals surface area contributed by atoms with Crippen LogP contribution in [0.15, 0.2) is 4.99 Å². The fraction of sp³-hybridized carbons (Fsp3) is 0.947. The Bertz CT molecular complexity index is 407. The van der Waals surface area contributed by atoms with E-state index < -0.39 is 0 Å². The molecule has 2 heterocycles. The lowest BCUT2D eigenvalue weighted by molar-refractivity contribution is -0.0318.